The summed E-state index contributed by atoms with van der Waals surface area (Å²) in [6.07, 6.45) is 0. The highest BCUT2D eigenvalue weighted by Crippen LogP contribution is 2.28. The van der Waals surface area contributed by atoms with Gasteiger partial charge in [0.2, 0.25) is 0 Å². The second-order valence-corrected chi connectivity index (χ2v) is 3.03. The van der Waals surface area contributed by atoms with E-state index in [0.29, 0.717) is 0 Å². The number of halogens is 2. The molecule has 0 aliphatic carbocycles. The van der Waals surface area contributed by atoms with E-state index in [1.54, 1.807) is 6.92 Å². The lowest BCUT2D eigenvalue weighted by atomic mass is 10.1. The van der Waals surface area contributed by atoms with Crippen LogP contribution in [0.2, 0.25) is 0 Å². The van der Waals surface area contributed by atoms with Gasteiger partial charge in [0.1, 0.15) is 5.82 Å². The van der Waals surface area contributed by atoms with Crippen molar-refractivity contribution < 1.29 is 18.6 Å². The van der Waals surface area contributed by atoms with E-state index in [1.165, 1.54) is 0 Å². The van der Waals surface area contributed by atoms with Crippen LogP contribution in [0.25, 0.3) is 0 Å². The lowest BCUT2D eigenvalue weighted by Crippen LogP contribution is -2.17. The molecular weight excluding hydrogens is 204 g/mol. The van der Waals surface area contributed by atoms with Gasteiger partial charge in [-0.2, -0.15) is 0 Å². The topological polar surface area (TPSA) is 55.5 Å². The minimum atomic E-state index is -0.850. The average molecular weight is 217 g/mol. The number of rotatable bonds is 4. The number of ether oxygens (including phenoxy) is 1. The van der Waals surface area contributed by atoms with Crippen LogP contribution in [0.3, 0.4) is 0 Å². The van der Waals surface area contributed by atoms with Crippen LogP contribution in [0, 0.1) is 11.6 Å². The Morgan fingerprint density at radius 2 is 2.13 bits per heavy atom. The van der Waals surface area contributed by atoms with Gasteiger partial charge in [0.15, 0.2) is 11.6 Å². The van der Waals surface area contributed by atoms with E-state index in [-0.39, 0.29) is 17.9 Å². The summed E-state index contributed by atoms with van der Waals surface area (Å²) >= 11 is 0. The van der Waals surface area contributed by atoms with Crippen molar-refractivity contribution in [3.8, 4) is 5.75 Å². The van der Waals surface area contributed by atoms with Gasteiger partial charge in [-0.25, -0.2) is 8.78 Å². The standard InChI is InChI=1S/C10H13F2NO2/c1-2-15-10-7(9(13)5-14)3-6(11)4-8(10)12/h3-4,9,14H,2,5,13H2,1H3. The molecule has 5 heteroatoms. The van der Waals surface area contributed by atoms with Crippen molar-refractivity contribution in [2.45, 2.75) is 13.0 Å². The van der Waals surface area contributed by atoms with Gasteiger partial charge in [0.25, 0.3) is 0 Å². The first-order chi connectivity index (χ1) is 7.10. The van der Waals surface area contributed by atoms with Crippen LogP contribution in [0.4, 0.5) is 8.78 Å². The highest BCUT2D eigenvalue weighted by atomic mass is 19.1. The van der Waals surface area contributed by atoms with Crippen LogP contribution >= 0.6 is 0 Å². The number of nitrogens with two attached hydrogens (primary N) is 1. The largest absolute Gasteiger partial charge is 0.490 e. The number of hydrogen-bond donors (Lipinski definition) is 2. The summed E-state index contributed by atoms with van der Waals surface area (Å²) < 4.78 is 31.2. The molecule has 0 aliphatic rings. The summed E-state index contributed by atoms with van der Waals surface area (Å²) in [6.45, 7) is 1.52. The first-order valence-corrected chi connectivity index (χ1v) is 4.58. The van der Waals surface area contributed by atoms with Crippen LogP contribution in [0.1, 0.15) is 18.5 Å². The molecule has 0 heterocycles. The minimum absolute atomic E-state index is 0.0968. The van der Waals surface area contributed by atoms with Crippen LogP contribution in [0.5, 0.6) is 5.75 Å². The minimum Gasteiger partial charge on any atom is -0.490 e. The van der Waals surface area contributed by atoms with Gasteiger partial charge in [-0.1, -0.05) is 0 Å². The van der Waals surface area contributed by atoms with E-state index in [2.05, 4.69) is 0 Å². The molecule has 84 valence electrons. The molecule has 0 radical (unpaired) electrons. The van der Waals surface area contributed by atoms with Gasteiger partial charge in [-0.3, -0.25) is 0 Å². The first-order valence-electron chi connectivity index (χ1n) is 4.58. The molecule has 0 aromatic heterocycles. The van der Waals surface area contributed by atoms with E-state index in [0.717, 1.165) is 12.1 Å². The number of aliphatic hydroxyl groups excluding tert-OH is 1. The molecule has 0 spiro atoms. The second-order valence-electron chi connectivity index (χ2n) is 3.03. The molecule has 0 bridgehead atoms. The summed E-state index contributed by atoms with van der Waals surface area (Å²) in [7, 11) is 0. The number of hydrogen-bond acceptors (Lipinski definition) is 3. The molecule has 1 unspecified atom stereocenters. The Balaban J connectivity index is 3.20. The molecule has 0 amide bonds. The summed E-state index contributed by atoms with van der Waals surface area (Å²) in [5.41, 5.74) is 5.64. The van der Waals surface area contributed by atoms with Crippen molar-refractivity contribution in [1.29, 1.82) is 0 Å². The summed E-state index contributed by atoms with van der Waals surface area (Å²) in [4.78, 5) is 0. The lowest BCUT2D eigenvalue weighted by Gasteiger charge is -2.15. The summed E-state index contributed by atoms with van der Waals surface area (Å²) in [6, 6.07) is 0.935. The Bertz CT molecular complexity index is 344. The zero-order valence-electron chi connectivity index (χ0n) is 8.34. The molecule has 1 rings (SSSR count). The van der Waals surface area contributed by atoms with E-state index in [4.69, 9.17) is 15.6 Å². The second kappa shape index (κ2) is 5.04. The first kappa shape index (κ1) is 11.9. The fraction of sp³-hybridized carbons (Fsp3) is 0.400. The third-order valence-corrected chi connectivity index (χ3v) is 1.92. The zero-order chi connectivity index (χ0) is 11.4. The van der Waals surface area contributed by atoms with Crippen LogP contribution < -0.4 is 10.5 Å². The van der Waals surface area contributed by atoms with Crippen molar-refractivity contribution in [2.24, 2.45) is 5.73 Å². The van der Waals surface area contributed by atoms with E-state index >= 15 is 0 Å². The lowest BCUT2D eigenvalue weighted by molar-refractivity contribution is 0.258. The van der Waals surface area contributed by atoms with Gasteiger partial charge in [-0.15, -0.1) is 0 Å². The molecule has 1 atom stereocenters. The maximum Gasteiger partial charge on any atom is 0.168 e. The highest BCUT2D eigenvalue weighted by molar-refractivity contribution is 5.38. The maximum absolute atomic E-state index is 13.3. The predicted molar refractivity (Wildman–Crippen MR) is 51.5 cm³/mol. The summed E-state index contributed by atoms with van der Waals surface area (Å²) in [5, 5.41) is 8.84. The van der Waals surface area contributed by atoms with Crippen LogP contribution in [-0.2, 0) is 0 Å². The Morgan fingerprint density at radius 1 is 1.47 bits per heavy atom. The fourth-order valence-electron chi connectivity index (χ4n) is 1.25. The molecule has 0 saturated carbocycles. The average Bonchev–Trinajstić information content (AvgIpc) is 2.20. The summed E-state index contributed by atoms with van der Waals surface area (Å²) in [5.74, 6) is -1.65. The van der Waals surface area contributed by atoms with Crippen molar-refractivity contribution in [1.82, 2.24) is 0 Å². The highest BCUT2D eigenvalue weighted by Gasteiger charge is 2.17. The fourth-order valence-corrected chi connectivity index (χ4v) is 1.25. The third-order valence-electron chi connectivity index (χ3n) is 1.92. The van der Waals surface area contributed by atoms with Crippen LogP contribution in [-0.4, -0.2) is 18.3 Å². The normalized spacial score (nSPS) is 12.6. The van der Waals surface area contributed by atoms with Gasteiger partial charge in [0.05, 0.1) is 19.3 Å². The Morgan fingerprint density at radius 3 is 2.67 bits per heavy atom. The molecule has 0 saturated heterocycles. The van der Waals surface area contributed by atoms with Crippen LogP contribution in [0.15, 0.2) is 12.1 Å². The van der Waals surface area contributed by atoms with Gasteiger partial charge >= 0.3 is 0 Å². The molecule has 3 nitrogen and oxygen atoms in total. The zero-order valence-corrected chi connectivity index (χ0v) is 8.34. The SMILES string of the molecule is CCOc1c(F)cc(F)cc1C(N)CO. The molecule has 15 heavy (non-hydrogen) atoms. The molecule has 3 N–H and O–H groups in total. The Kier molecular flexibility index (Phi) is 3.99. The molecule has 0 fully saturated rings. The third kappa shape index (κ3) is 2.64. The van der Waals surface area contributed by atoms with Crippen molar-refractivity contribution >= 4 is 0 Å². The molecule has 1 aromatic rings. The van der Waals surface area contributed by atoms with E-state index < -0.39 is 24.3 Å². The number of aliphatic hydroxyl groups is 1. The molecule has 0 aliphatic heterocycles. The quantitative estimate of drug-likeness (QED) is 0.800. The van der Waals surface area contributed by atoms with Crippen molar-refractivity contribution in [2.75, 3.05) is 13.2 Å². The Labute approximate surface area is 86.5 Å². The smallest absolute Gasteiger partial charge is 0.168 e. The molecular formula is C10H13F2NO2. The van der Waals surface area contributed by atoms with E-state index in [9.17, 15) is 8.78 Å². The molecule has 1 aromatic carbocycles. The van der Waals surface area contributed by atoms with Gasteiger partial charge in [0, 0.05) is 11.6 Å². The maximum atomic E-state index is 13.3. The van der Waals surface area contributed by atoms with Crippen molar-refractivity contribution in [3.05, 3.63) is 29.3 Å². The van der Waals surface area contributed by atoms with E-state index in [1.807, 2.05) is 0 Å². The van der Waals surface area contributed by atoms with Gasteiger partial charge < -0.3 is 15.6 Å². The Hall–Kier alpha value is -1.20. The van der Waals surface area contributed by atoms with Crippen molar-refractivity contribution in [3.63, 3.8) is 0 Å². The predicted octanol–water partition coefficient (Wildman–Crippen LogP) is 1.36. The number of benzene rings is 1. The monoisotopic (exact) mass is 217 g/mol. The van der Waals surface area contributed by atoms with Gasteiger partial charge in [-0.05, 0) is 13.0 Å².